The second kappa shape index (κ2) is 5.45. The van der Waals surface area contributed by atoms with Gasteiger partial charge in [0.25, 0.3) is 5.69 Å². The van der Waals surface area contributed by atoms with Crippen LogP contribution >= 0.6 is 22.6 Å². The Hall–Kier alpha value is -2.16. The molecule has 0 radical (unpaired) electrons. The highest BCUT2D eigenvalue weighted by atomic mass is 127. The van der Waals surface area contributed by atoms with Crippen LogP contribution in [-0.4, -0.2) is 10.8 Å². The first-order valence-corrected chi connectivity index (χ1v) is 6.62. The Morgan fingerprint density at radius 1 is 1.15 bits per heavy atom. The lowest BCUT2D eigenvalue weighted by Gasteiger charge is -2.09. The summed E-state index contributed by atoms with van der Waals surface area (Å²) in [5.74, 6) is -0.624. The molecule has 6 nitrogen and oxygen atoms in total. The minimum absolute atomic E-state index is 0.0795. The Balaban J connectivity index is 2.76. The van der Waals surface area contributed by atoms with Gasteiger partial charge < -0.3 is 11.5 Å². The average Bonchev–Trinajstić information content (AvgIpc) is 2.39. The molecule has 0 bridgehead atoms. The fourth-order valence-electron chi connectivity index (χ4n) is 1.83. The summed E-state index contributed by atoms with van der Waals surface area (Å²) in [4.78, 5) is 22.0. The second-order valence-corrected chi connectivity index (χ2v) is 5.14. The summed E-state index contributed by atoms with van der Waals surface area (Å²) >= 11 is 1.89. The van der Waals surface area contributed by atoms with Crippen LogP contribution in [0, 0.1) is 13.7 Å². The molecular formula is C13H10IN3O3. The average molecular weight is 383 g/mol. The maximum atomic E-state index is 11.4. The van der Waals surface area contributed by atoms with Gasteiger partial charge in [0.05, 0.1) is 16.1 Å². The summed E-state index contributed by atoms with van der Waals surface area (Å²) in [5, 5.41) is 11.2. The number of benzene rings is 2. The van der Waals surface area contributed by atoms with Crippen molar-refractivity contribution in [3.63, 3.8) is 0 Å². The van der Waals surface area contributed by atoms with Crippen molar-refractivity contribution in [1.82, 2.24) is 0 Å². The number of rotatable bonds is 3. The van der Waals surface area contributed by atoms with Crippen LogP contribution in [0.15, 0.2) is 36.4 Å². The highest BCUT2D eigenvalue weighted by molar-refractivity contribution is 14.1. The van der Waals surface area contributed by atoms with E-state index in [-0.39, 0.29) is 11.3 Å². The Morgan fingerprint density at radius 3 is 2.25 bits per heavy atom. The smallest absolute Gasteiger partial charge is 0.278 e. The third-order valence-electron chi connectivity index (χ3n) is 2.78. The fraction of sp³-hybridized carbons (Fsp3) is 0. The Kier molecular flexibility index (Phi) is 3.89. The number of hydrogen-bond acceptors (Lipinski definition) is 4. The number of nitrogens with two attached hydrogens (primary N) is 2. The highest BCUT2D eigenvalue weighted by Gasteiger charge is 2.22. The summed E-state index contributed by atoms with van der Waals surface area (Å²) in [6.45, 7) is 0. The van der Waals surface area contributed by atoms with Crippen molar-refractivity contribution in [3.8, 4) is 11.1 Å². The molecule has 2 aromatic carbocycles. The minimum Gasteiger partial charge on any atom is -0.399 e. The lowest BCUT2D eigenvalue weighted by atomic mass is 10.0. The molecule has 4 N–H and O–H groups in total. The number of carbonyl (C=O) groups excluding carboxylic acids is 1. The van der Waals surface area contributed by atoms with E-state index in [4.69, 9.17) is 11.5 Å². The Labute approximate surface area is 128 Å². The van der Waals surface area contributed by atoms with E-state index in [9.17, 15) is 14.9 Å². The molecule has 0 spiro atoms. The molecule has 7 heteroatoms. The summed E-state index contributed by atoms with van der Waals surface area (Å²) in [6.07, 6.45) is 0. The number of carbonyl (C=O) groups is 1. The zero-order valence-electron chi connectivity index (χ0n) is 10.2. The summed E-state index contributed by atoms with van der Waals surface area (Å²) in [5.41, 5.74) is 12.6. The SMILES string of the molecule is NC(=O)c1ccc([N+](=O)[O-])c(-c2ccc(N)cc2)c1I. The number of primary amides is 1. The number of nitrogen functional groups attached to an aromatic ring is 1. The van der Waals surface area contributed by atoms with E-state index in [0.29, 0.717) is 20.4 Å². The summed E-state index contributed by atoms with van der Waals surface area (Å²) in [7, 11) is 0. The molecule has 0 aliphatic rings. The summed E-state index contributed by atoms with van der Waals surface area (Å²) in [6, 6.07) is 9.28. The first-order valence-electron chi connectivity index (χ1n) is 5.54. The number of anilines is 1. The second-order valence-electron chi connectivity index (χ2n) is 4.06. The molecule has 0 aliphatic heterocycles. The predicted octanol–water partition coefficient (Wildman–Crippen LogP) is 2.55. The van der Waals surface area contributed by atoms with Crippen LogP contribution in [0.5, 0.6) is 0 Å². The molecule has 0 aliphatic carbocycles. The van der Waals surface area contributed by atoms with Crippen molar-refractivity contribution in [1.29, 1.82) is 0 Å². The van der Waals surface area contributed by atoms with Gasteiger partial charge in [-0.25, -0.2) is 0 Å². The molecule has 0 unspecified atom stereocenters. The van der Waals surface area contributed by atoms with Gasteiger partial charge in [-0.2, -0.15) is 0 Å². The molecule has 0 heterocycles. The predicted molar refractivity (Wildman–Crippen MR) is 84.2 cm³/mol. The molecule has 102 valence electrons. The third kappa shape index (κ3) is 2.57. The first-order chi connectivity index (χ1) is 9.41. The molecular weight excluding hydrogens is 373 g/mol. The van der Waals surface area contributed by atoms with E-state index in [1.807, 2.05) is 22.6 Å². The van der Waals surface area contributed by atoms with Crippen molar-refractivity contribution in [2.75, 3.05) is 5.73 Å². The molecule has 0 fully saturated rings. The normalized spacial score (nSPS) is 10.2. The third-order valence-corrected chi connectivity index (χ3v) is 3.90. The van der Waals surface area contributed by atoms with Gasteiger partial charge in [0.1, 0.15) is 0 Å². The number of nitro benzene ring substituents is 1. The van der Waals surface area contributed by atoms with Crippen molar-refractivity contribution in [2.24, 2.45) is 5.73 Å². The standard InChI is InChI=1S/C13H10IN3O3/c14-12-9(13(16)18)5-6-10(17(19)20)11(12)7-1-3-8(15)4-2-7/h1-6H,15H2,(H2,16,18). The Morgan fingerprint density at radius 2 is 1.75 bits per heavy atom. The van der Waals surface area contributed by atoms with Crippen molar-refractivity contribution < 1.29 is 9.72 Å². The highest BCUT2D eigenvalue weighted by Crippen LogP contribution is 2.36. The minimum atomic E-state index is -0.624. The number of nitro groups is 1. The molecule has 0 saturated heterocycles. The van der Waals surface area contributed by atoms with Crippen LogP contribution in [-0.2, 0) is 0 Å². The lowest BCUT2D eigenvalue weighted by molar-refractivity contribution is -0.384. The van der Waals surface area contributed by atoms with Gasteiger partial charge in [0, 0.05) is 15.3 Å². The van der Waals surface area contributed by atoms with E-state index in [1.54, 1.807) is 24.3 Å². The monoisotopic (exact) mass is 383 g/mol. The van der Waals surface area contributed by atoms with Crippen molar-refractivity contribution in [3.05, 3.63) is 55.6 Å². The maximum absolute atomic E-state index is 11.4. The van der Waals surface area contributed by atoms with E-state index in [0.717, 1.165) is 0 Å². The topological polar surface area (TPSA) is 112 Å². The Bertz CT molecular complexity index is 699. The largest absolute Gasteiger partial charge is 0.399 e. The van der Waals surface area contributed by atoms with Gasteiger partial charge in [0.15, 0.2) is 0 Å². The van der Waals surface area contributed by atoms with Gasteiger partial charge in [-0.3, -0.25) is 14.9 Å². The van der Waals surface area contributed by atoms with Gasteiger partial charge in [-0.1, -0.05) is 12.1 Å². The number of halogens is 1. The number of nitrogens with zero attached hydrogens (tertiary/aromatic N) is 1. The molecule has 20 heavy (non-hydrogen) atoms. The molecule has 0 atom stereocenters. The molecule has 2 rings (SSSR count). The van der Waals surface area contributed by atoms with Crippen LogP contribution in [0.1, 0.15) is 10.4 Å². The van der Waals surface area contributed by atoms with Gasteiger partial charge >= 0.3 is 0 Å². The van der Waals surface area contributed by atoms with Gasteiger partial charge in [0.2, 0.25) is 5.91 Å². The van der Waals surface area contributed by atoms with E-state index in [1.165, 1.54) is 12.1 Å². The van der Waals surface area contributed by atoms with Crippen LogP contribution in [0.25, 0.3) is 11.1 Å². The van der Waals surface area contributed by atoms with Crippen LogP contribution in [0.2, 0.25) is 0 Å². The number of amides is 1. The van der Waals surface area contributed by atoms with E-state index < -0.39 is 10.8 Å². The van der Waals surface area contributed by atoms with Crippen molar-refractivity contribution in [2.45, 2.75) is 0 Å². The van der Waals surface area contributed by atoms with Gasteiger partial charge in [-0.05, 0) is 46.4 Å². The van der Waals surface area contributed by atoms with E-state index in [2.05, 4.69) is 0 Å². The van der Waals surface area contributed by atoms with Crippen molar-refractivity contribution >= 4 is 39.9 Å². The molecule has 2 aromatic rings. The zero-order valence-corrected chi connectivity index (χ0v) is 12.3. The lowest BCUT2D eigenvalue weighted by Crippen LogP contribution is -2.13. The molecule has 0 aromatic heterocycles. The van der Waals surface area contributed by atoms with Crippen LogP contribution < -0.4 is 11.5 Å². The summed E-state index contributed by atoms with van der Waals surface area (Å²) < 4.78 is 0.453. The molecule has 0 saturated carbocycles. The van der Waals surface area contributed by atoms with E-state index >= 15 is 0 Å². The van der Waals surface area contributed by atoms with Crippen LogP contribution in [0.4, 0.5) is 11.4 Å². The van der Waals surface area contributed by atoms with Gasteiger partial charge in [-0.15, -0.1) is 0 Å². The zero-order chi connectivity index (χ0) is 14.9. The first kappa shape index (κ1) is 14.3. The fourth-order valence-corrected chi connectivity index (χ4v) is 2.87. The number of hydrogen-bond donors (Lipinski definition) is 2. The molecule has 1 amide bonds. The van der Waals surface area contributed by atoms with Crippen LogP contribution in [0.3, 0.4) is 0 Å². The maximum Gasteiger partial charge on any atom is 0.278 e. The quantitative estimate of drug-likeness (QED) is 0.367.